The van der Waals surface area contributed by atoms with Crippen molar-refractivity contribution in [1.82, 2.24) is 10.6 Å². The SMILES string of the molecule is CC1CC(NC(=O)C2(C)CCCN2)C1. The van der Waals surface area contributed by atoms with Crippen molar-refractivity contribution in [2.45, 2.75) is 51.1 Å². The molecule has 0 radical (unpaired) electrons. The van der Waals surface area contributed by atoms with Gasteiger partial charge in [0.1, 0.15) is 0 Å². The normalized spacial score (nSPS) is 41.9. The fraction of sp³-hybridized carbons (Fsp3) is 0.909. The number of nitrogens with one attached hydrogen (secondary N) is 2. The zero-order valence-electron chi connectivity index (χ0n) is 9.10. The van der Waals surface area contributed by atoms with Crippen molar-refractivity contribution in [2.75, 3.05) is 6.54 Å². The fourth-order valence-corrected chi connectivity index (χ4v) is 2.45. The Morgan fingerprint density at radius 3 is 2.71 bits per heavy atom. The van der Waals surface area contributed by atoms with Crippen LogP contribution in [-0.4, -0.2) is 24.0 Å². The van der Waals surface area contributed by atoms with Gasteiger partial charge in [0.25, 0.3) is 0 Å². The number of rotatable bonds is 2. The molecule has 1 unspecified atom stereocenters. The minimum absolute atomic E-state index is 0.201. The number of hydrogen-bond acceptors (Lipinski definition) is 2. The van der Waals surface area contributed by atoms with E-state index in [1.807, 2.05) is 6.92 Å². The van der Waals surface area contributed by atoms with Gasteiger partial charge >= 0.3 is 0 Å². The minimum atomic E-state index is -0.293. The molecule has 2 fully saturated rings. The Hall–Kier alpha value is -0.570. The van der Waals surface area contributed by atoms with E-state index in [0.29, 0.717) is 6.04 Å². The van der Waals surface area contributed by atoms with E-state index in [1.54, 1.807) is 0 Å². The van der Waals surface area contributed by atoms with Crippen LogP contribution in [0.25, 0.3) is 0 Å². The topological polar surface area (TPSA) is 41.1 Å². The van der Waals surface area contributed by atoms with Gasteiger partial charge in [0.2, 0.25) is 5.91 Å². The van der Waals surface area contributed by atoms with Crippen molar-refractivity contribution in [2.24, 2.45) is 5.92 Å². The van der Waals surface area contributed by atoms with Crippen molar-refractivity contribution < 1.29 is 4.79 Å². The van der Waals surface area contributed by atoms with Crippen molar-refractivity contribution in [3.8, 4) is 0 Å². The van der Waals surface area contributed by atoms with E-state index in [9.17, 15) is 4.79 Å². The molecule has 2 aliphatic rings. The van der Waals surface area contributed by atoms with Crippen LogP contribution in [0.2, 0.25) is 0 Å². The summed E-state index contributed by atoms with van der Waals surface area (Å²) < 4.78 is 0. The van der Waals surface area contributed by atoms with Crippen LogP contribution >= 0.6 is 0 Å². The summed E-state index contributed by atoms with van der Waals surface area (Å²) in [5.74, 6) is 0.997. The third kappa shape index (κ3) is 1.78. The van der Waals surface area contributed by atoms with Gasteiger partial charge in [0.05, 0.1) is 5.54 Å². The Bertz CT molecular complexity index is 227. The van der Waals surface area contributed by atoms with Gasteiger partial charge in [-0.3, -0.25) is 4.79 Å². The highest BCUT2D eigenvalue weighted by Gasteiger charge is 2.38. The lowest BCUT2D eigenvalue weighted by Gasteiger charge is -2.36. The third-order valence-corrected chi connectivity index (χ3v) is 3.58. The first-order chi connectivity index (χ1) is 6.60. The van der Waals surface area contributed by atoms with E-state index < -0.39 is 0 Å². The predicted octanol–water partition coefficient (Wildman–Crippen LogP) is 1.04. The standard InChI is InChI=1S/C11H20N2O/c1-8-6-9(7-8)13-10(14)11(2)4-3-5-12-11/h8-9,12H,3-7H2,1-2H3,(H,13,14). The Morgan fingerprint density at radius 1 is 1.50 bits per heavy atom. The minimum Gasteiger partial charge on any atom is -0.352 e. The lowest BCUT2D eigenvalue weighted by Crippen LogP contribution is -2.56. The number of carbonyl (C=O) groups excluding carboxylic acids is 1. The largest absolute Gasteiger partial charge is 0.352 e. The Labute approximate surface area is 85.6 Å². The second-order valence-electron chi connectivity index (χ2n) is 5.11. The molecule has 3 nitrogen and oxygen atoms in total. The summed E-state index contributed by atoms with van der Waals surface area (Å²) in [6, 6.07) is 0.441. The summed E-state index contributed by atoms with van der Waals surface area (Å²) in [7, 11) is 0. The molecule has 0 spiro atoms. The van der Waals surface area contributed by atoms with E-state index in [1.165, 1.54) is 0 Å². The van der Waals surface area contributed by atoms with Crippen LogP contribution < -0.4 is 10.6 Å². The fourth-order valence-electron chi connectivity index (χ4n) is 2.45. The van der Waals surface area contributed by atoms with Crippen LogP contribution in [0.1, 0.15) is 39.5 Å². The van der Waals surface area contributed by atoms with Crippen molar-refractivity contribution in [3.05, 3.63) is 0 Å². The molecule has 1 aliphatic carbocycles. The Kier molecular flexibility index (Phi) is 2.52. The molecule has 0 aromatic heterocycles. The van der Waals surface area contributed by atoms with Crippen molar-refractivity contribution >= 4 is 5.91 Å². The van der Waals surface area contributed by atoms with Crippen LogP contribution in [0.5, 0.6) is 0 Å². The molecule has 3 heteroatoms. The molecule has 0 bridgehead atoms. The molecule has 1 aliphatic heterocycles. The summed E-state index contributed by atoms with van der Waals surface area (Å²) in [4.78, 5) is 11.9. The Morgan fingerprint density at radius 2 is 2.21 bits per heavy atom. The van der Waals surface area contributed by atoms with Gasteiger partial charge in [-0.2, -0.15) is 0 Å². The van der Waals surface area contributed by atoms with Crippen LogP contribution in [0.15, 0.2) is 0 Å². The van der Waals surface area contributed by atoms with E-state index in [0.717, 1.165) is 38.1 Å². The zero-order valence-corrected chi connectivity index (χ0v) is 9.10. The Balaban J connectivity index is 1.83. The van der Waals surface area contributed by atoms with Crippen LogP contribution in [-0.2, 0) is 4.79 Å². The lowest BCUT2D eigenvalue weighted by molar-refractivity contribution is -0.128. The van der Waals surface area contributed by atoms with Crippen LogP contribution in [0, 0.1) is 5.92 Å². The summed E-state index contributed by atoms with van der Waals surface area (Å²) in [6.07, 6.45) is 4.40. The van der Waals surface area contributed by atoms with Gasteiger partial charge in [-0.25, -0.2) is 0 Å². The summed E-state index contributed by atoms with van der Waals surface area (Å²) in [6.45, 7) is 5.22. The highest BCUT2D eigenvalue weighted by Crippen LogP contribution is 2.27. The lowest BCUT2D eigenvalue weighted by atomic mass is 9.81. The molecular formula is C11H20N2O. The van der Waals surface area contributed by atoms with Crippen LogP contribution in [0.4, 0.5) is 0 Å². The summed E-state index contributed by atoms with van der Waals surface area (Å²) in [5, 5.41) is 6.41. The monoisotopic (exact) mass is 196 g/mol. The highest BCUT2D eigenvalue weighted by atomic mass is 16.2. The first kappa shape index (κ1) is 9.97. The molecule has 2 N–H and O–H groups in total. The average molecular weight is 196 g/mol. The molecule has 2 rings (SSSR count). The quantitative estimate of drug-likeness (QED) is 0.693. The zero-order chi connectivity index (χ0) is 10.2. The van der Waals surface area contributed by atoms with Gasteiger partial charge in [-0.05, 0) is 45.1 Å². The molecule has 0 aromatic carbocycles. The molecule has 1 heterocycles. The molecule has 1 saturated heterocycles. The smallest absolute Gasteiger partial charge is 0.240 e. The van der Waals surface area contributed by atoms with Gasteiger partial charge in [-0.1, -0.05) is 6.92 Å². The molecule has 80 valence electrons. The molecular weight excluding hydrogens is 176 g/mol. The van der Waals surface area contributed by atoms with Crippen LogP contribution in [0.3, 0.4) is 0 Å². The summed E-state index contributed by atoms with van der Waals surface area (Å²) >= 11 is 0. The molecule has 1 saturated carbocycles. The van der Waals surface area contributed by atoms with E-state index in [4.69, 9.17) is 0 Å². The predicted molar refractivity (Wildman–Crippen MR) is 56.0 cm³/mol. The molecule has 1 atom stereocenters. The number of carbonyl (C=O) groups is 1. The number of amides is 1. The van der Waals surface area contributed by atoms with Crippen molar-refractivity contribution in [3.63, 3.8) is 0 Å². The molecule has 1 amide bonds. The first-order valence-corrected chi connectivity index (χ1v) is 5.66. The average Bonchev–Trinajstić information content (AvgIpc) is 2.51. The van der Waals surface area contributed by atoms with Gasteiger partial charge in [-0.15, -0.1) is 0 Å². The maximum Gasteiger partial charge on any atom is 0.240 e. The molecule has 0 aromatic rings. The second-order valence-corrected chi connectivity index (χ2v) is 5.11. The van der Waals surface area contributed by atoms with Crippen molar-refractivity contribution in [1.29, 1.82) is 0 Å². The maximum absolute atomic E-state index is 11.9. The van der Waals surface area contributed by atoms with E-state index in [2.05, 4.69) is 17.6 Å². The third-order valence-electron chi connectivity index (χ3n) is 3.58. The highest BCUT2D eigenvalue weighted by molar-refractivity contribution is 5.86. The van der Waals surface area contributed by atoms with Gasteiger partial charge in [0, 0.05) is 6.04 Å². The van der Waals surface area contributed by atoms with Gasteiger partial charge < -0.3 is 10.6 Å². The van der Waals surface area contributed by atoms with E-state index in [-0.39, 0.29) is 11.4 Å². The summed E-state index contributed by atoms with van der Waals surface area (Å²) in [5.41, 5.74) is -0.293. The van der Waals surface area contributed by atoms with Gasteiger partial charge in [0.15, 0.2) is 0 Å². The maximum atomic E-state index is 11.9. The number of hydrogen-bond donors (Lipinski definition) is 2. The van der Waals surface area contributed by atoms with E-state index >= 15 is 0 Å². The first-order valence-electron chi connectivity index (χ1n) is 5.66. The molecule has 14 heavy (non-hydrogen) atoms. The second kappa shape index (κ2) is 3.54.